The molecular formula is C21H18FN3O4. The average molecular weight is 395 g/mol. The van der Waals surface area contributed by atoms with Crippen molar-refractivity contribution in [3.05, 3.63) is 60.1 Å². The fourth-order valence-electron chi connectivity index (χ4n) is 2.91. The van der Waals surface area contributed by atoms with Crippen LogP contribution in [0.2, 0.25) is 0 Å². The molecule has 0 saturated heterocycles. The Kier molecular flexibility index (Phi) is 5.09. The van der Waals surface area contributed by atoms with Crippen LogP contribution in [0.4, 0.5) is 4.39 Å². The summed E-state index contributed by atoms with van der Waals surface area (Å²) in [5, 5.41) is 4.73. The number of carbonyl (C=O) groups excluding carboxylic acids is 1. The van der Waals surface area contributed by atoms with Crippen LogP contribution in [0.15, 0.2) is 57.7 Å². The molecule has 8 heteroatoms. The molecule has 2 aromatic heterocycles. The van der Waals surface area contributed by atoms with E-state index in [4.69, 9.17) is 13.7 Å². The van der Waals surface area contributed by atoms with Crippen molar-refractivity contribution in [1.29, 1.82) is 0 Å². The monoisotopic (exact) mass is 395 g/mol. The van der Waals surface area contributed by atoms with Gasteiger partial charge in [-0.05, 0) is 42.5 Å². The molecule has 0 spiro atoms. The highest BCUT2D eigenvalue weighted by molar-refractivity contribution is 6.00. The van der Waals surface area contributed by atoms with Gasteiger partial charge in [-0.15, -0.1) is 0 Å². The maximum Gasteiger partial charge on any atom is 0.253 e. The number of aromatic nitrogens is 2. The molecule has 0 unspecified atom stereocenters. The highest BCUT2D eigenvalue weighted by Crippen LogP contribution is 2.30. The number of rotatable bonds is 6. The first kappa shape index (κ1) is 18.8. The summed E-state index contributed by atoms with van der Waals surface area (Å²) in [6.07, 6.45) is 1.45. The van der Waals surface area contributed by atoms with Gasteiger partial charge >= 0.3 is 0 Å². The molecule has 0 aliphatic rings. The number of likely N-dealkylation sites (N-methyl/N-ethyl adjacent to an activating group) is 1. The number of hydrogen-bond acceptors (Lipinski definition) is 6. The van der Waals surface area contributed by atoms with Crippen molar-refractivity contribution in [3.8, 4) is 22.8 Å². The fourth-order valence-corrected chi connectivity index (χ4v) is 2.91. The standard InChI is InChI=1S/C21H18FN3O4/c1-25(9-10-27-2)21(26)14-5-8-18-16(11-14)19(24-29-18)17-12-28-20(23-17)13-3-6-15(22)7-4-13/h3-8,11-12H,9-10H2,1-2H3. The number of nitrogens with zero attached hydrogens (tertiary/aromatic N) is 3. The van der Waals surface area contributed by atoms with Crippen molar-refractivity contribution in [3.63, 3.8) is 0 Å². The van der Waals surface area contributed by atoms with E-state index in [-0.39, 0.29) is 11.7 Å². The van der Waals surface area contributed by atoms with Crippen molar-refractivity contribution in [2.75, 3.05) is 27.3 Å². The molecule has 0 fully saturated rings. The van der Waals surface area contributed by atoms with E-state index in [0.29, 0.717) is 52.5 Å². The number of amides is 1. The summed E-state index contributed by atoms with van der Waals surface area (Å²) >= 11 is 0. The van der Waals surface area contributed by atoms with E-state index in [9.17, 15) is 9.18 Å². The minimum atomic E-state index is -0.337. The van der Waals surface area contributed by atoms with Gasteiger partial charge in [0.15, 0.2) is 5.58 Å². The quantitative estimate of drug-likeness (QED) is 0.491. The third-order valence-electron chi connectivity index (χ3n) is 4.53. The van der Waals surface area contributed by atoms with Crippen LogP contribution in [0, 0.1) is 5.82 Å². The second-order valence-corrected chi connectivity index (χ2v) is 6.51. The molecule has 2 aromatic carbocycles. The lowest BCUT2D eigenvalue weighted by molar-refractivity contribution is 0.0744. The Labute approximate surface area is 165 Å². The van der Waals surface area contributed by atoms with Crippen LogP contribution < -0.4 is 0 Å². The van der Waals surface area contributed by atoms with E-state index >= 15 is 0 Å². The summed E-state index contributed by atoms with van der Waals surface area (Å²) in [5.41, 5.74) is 2.60. The van der Waals surface area contributed by atoms with E-state index in [1.165, 1.54) is 18.4 Å². The number of halogens is 1. The highest BCUT2D eigenvalue weighted by Gasteiger charge is 2.19. The van der Waals surface area contributed by atoms with Crippen molar-refractivity contribution >= 4 is 16.9 Å². The molecule has 1 amide bonds. The molecule has 4 aromatic rings. The van der Waals surface area contributed by atoms with Crippen LogP contribution in [-0.4, -0.2) is 48.3 Å². The third-order valence-corrected chi connectivity index (χ3v) is 4.53. The molecule has 7 nitrogen and oxygen atoms in total. The highest BCUT2D eigenvalue weighted by atomic mass is 19.1. The number of oxazole rings is 1. The van der Waals surface area contributed by atoms with Gasteiger partial charge in [0, 0.05) is 31.8 Å². The lowest BCUT2D eigenvalue weighted by Gasteiger charge is -2.16. The zero-order valence-electron chi connectivity index (χ0n) is 15.9. The average Bonchev–Trinajstić information content (AvgIpc) is 3.38. The van der Waals surface area contributed by atoms with Gasteiger partial charge in [-0.3, -0.25) is 4.79 Å². The Bertz CT molecular complexity index is 1150. The van der Waals surface area contributed by atoms with E-state index in [1.807, 2.05) is 0 Å². The molecule has 29 heavy (non-hydrogen) atoms. The maximum absolute atomic E-state index is 13.1. The molecular weight excluding hydrogens is 377 g/mol. The summed E-state index contributed by atoms with van der Waals surface area (Å²) in [5.74, 6) is -0.137. The SMILES string of the molecule is COCCN(C)C(=O)c1ccc2onc(-c3coc(-c4ccc(F)cc4)n3)c2c1. The Balaban J connectivity index is 1.66. The van der Waals surface area contributed by atoms with Crippen molar-refractivity contribution in [2.24, 2.45) is 0 Å². The zero-order chi connectivity index (χ0) is 20.4. The van der Waals surface area contributed by atoms with Gasteiger partial charge in [0.1, 0.15) is 23.5 Å². The topological polar surface area (TPSA) is 81.6 Å². The minimum Gasteiger partial charge on any atom is -0.444 e. The number of methoxy groups -OCH3 is 1. The first-order chi connectivity index (χ1) is 14.1. The molecule has 0 atom stereocenters. The molecule has 0 saturated carbocycles. The van der Waals surface area contributed by atoms with Gasteiger partial charge in [-0.1, -0.05) is 5.16 Å². The normalized spacial score (nSPS) is 11.1. The predicted molar refractivity (Wildman–Crippen MR) is 104 cm³/mol. The van der Waals surface area contributed by atoms with Crippen molar-refractivity contribution in [2.45, 2.75) is 0 Å². The summed E-state index contributed by atoms with van der Waals surface area (Å²) in [6, 6.07) is 10.9. The maximum atomic E-state index is 13.1. The zero-order valence-corrected chi connectivity index (χ0v) is 15.9. The van der Waals surface area contributed by atoms with Crippen molar-refractivity contribution < 1.29 is 22.9 Å². The summed E-state index contributed by atoms with van der Waals surface area (Å²) in [6.45, 7) is 0.933. The third kappa shape index (κ3) is 3.74. The van der Waals surface area contributed by atoms with Gasteiger partial charge in [0.2, 0.25) is 5.89 Å². The first-order valence-corrected chi connectivity index (χ1v) is 8.92. The number of carbonyl (C=O) groups is 1. The van der Waals surface area contributed by atoms with Crippen molar-refractivity contribution in [1.82, 2.24) is 15.0 Å². The smallest absolute Gasteiger partial charge is 0.253 e. The number of hydrogen-bond donors (Lipinski definition) is 0. The second kappa shape index (κ2) is 7.84. The summed E-state index contributed by atoms with van der Waals surface area (Å²) in [7, 11) is 3.30. The van der Waals surface area contributed by atoms with Gasteiger partial charge in [-0.25, -0.2) is 9.37 Å². The lowest BCUT2D eigenvalue weighted by Crippen LogP contribution is -2.29. The molecule has 0 bridgehead atoms. The Morgan fingerprint density at radius 1 is 1.21 bits per heavy atom. The van der Waals surface area contributed by atoms with E-state index < -0.39 is 0 Å². The van der Waals surface area contributed by atoms with E-state index in [1.54, 1.807) is 49.4 Å². The van der Waals surface area contributed by atoms with Crippen LogP contribution in [0.3, 0.4) is 0 Å². The van der Waals surface area contributed by atoms with Crippen LogP contribution >= 0.6 is 0 Å². The van der Waals surface area contributed by atoms with Gasteiger partial charge in [-0.2, -0.15) is 0 Å². The Morgan fingerprint density at radius 2 is 2.00 bits per heavy atom. The second-order valence-electron chi connectivity index (χ2n) is 6.51. The Morgan fingerprint density at radius 3 is 2.76 bits per heavy atom. The lowest BCUT2D eigenvalue weighted by atomic mass is 10.1. The largest absolute Gasteiger partial charge is 0.444 e. The van der Waals surface area contributed by atoms with Crippen LogP contribution in [0.5, 0.6) is 0 Å². The molecule has 0 aliphatic carbocycles. The van der Waals surface area contributed by atoms with Crippen LogP contribution in [0.25, 0.3) is 33.8 Å². The number of benzene rings is 2. The van der Waals surface area contributed by atoms with Gasteiger partial charge < -0.3 is 18.6 Å². The number of fused-ring (bicyclic) bond motifs is 1. The fraction of sp³-hybridized carbons (Fsp3) is 0.190. The molecule has 0 aliphatic heterocycles. The molecule has 0 radical (unpaired) electrons. The molecule has 2 heterocycles. The van der Waals surface area contributed by atoms with Gasteiger partial charge in [0.25, 0.3) is 5.91 Å². The van der Waals surface area contributed by atoms with E-state index in [0.717, 1.165) is 0 Å². The van der Waals surface area contributed by atoms with Gasteiger partial charge in [0.05, 0.1) is 12.0 Å². The summed E-state index contributed by atoms with van der Waals surface area (Å²) in [4.78, 5) is 18.6. The Hall–Kier alpha value is -3.52. The van der Waals surface area contributed by atoms with Crippen LogP contribution in [-0.2, 0) is 4.74 Å². The van der Waals surface area contributed by atoms with E-state index in [2.05, 4.69) is 10.1 Å². The molecule has 0 N–H and O–H groups in total. The molecule has 148 valence electrons. The van der Waals surface area contributed by atoms with Crippen LogP contribution in [0.1, 0.15) is 10.4 Å². The predicted octanol–water partition coefficient (Wildman–Crippen LogP) is 4.01. The molecule has 4 rings (SSSR count). The minimum absolute atomic E-state index is 0.136. The first-order valence-electron chi connectivity index (χ1n) is 8.92. The number of ether oxygens (including phenoxy) is 1. The summed E-state index contributed by atoms with van der Waals surface area (Å²) < 4.78 is 29.0.